The smallest absolute Gasteiger partial charge is 0.133 e. The molecule has 0 heterocycles. The molecule has 0 spiro atoms. The highest BCUT2D eigenvalue weighted by molar-refractivity contribution is 6.32. The lowest BCUT2D eigenvalue weighted by molar-refractivity contribution is 0.468. The SMILES string of the molecule is Cc1ccc(C(C)C)c(Oc2cccc(Cl)c2CCl)c1. The molecule has 0 unspecified atom stereocenters. The Kier molecular flexibility index (Phi) is 4.95. The summed E-state index contributed by atoms with van der Waals surface area (Å²) in [5.41, 5.74) is 3.17. The second-order valence-corrected chi connectivity index (χ2v) is 5.82. The van der Waals surface area contributed by atoms with Gasteiger partial charge < -0.3 is 4.74 Å². The van der Waals surface area contributed by atoms with Crippen molar-refractivity contribution in [2.45, 2.75) is 32.6 Å². The summed E-state index contributed by atoms with van der Waals surface area (Å²) < 4.78 is 6.09. The Bertz CT molecular complexity index is 606. The van der Waals surface area contributed by atoms with Crippen LogP contribution in [-0.4, -0.2) is 0 Å². The highest BCUT2D eigenvalue weighted by atomic mass is 35.5. The number of hydrogen-bond donors (Lipinski definition) is 0. The molecule has 106 valence electrons. The zero-order valence-corrected chi connectivity index (χ0v) is 13.4. The van der Waals surface area contributed by atoms with Gasteiger partial charge >= 0.3 is 0 Å². The van der Waals surface area contributed by atoms with Crippen LogP contribution in [0, 0.1) is 6.92 Å². The molecule has 0 amide bonds. The van der Waals surface area contributed by atoms with E-state index in [1.165, 1.54) is 11.1 Å². The Morgan fingerprint density at radius 1 is 1.10 bits per heavy atom. The van der Waals surface area contributed by atoms with Gasteiger partial charge in [-0.1, -0.05) is 43.6 Å². The van der Waals surface area contributed by atoms with Crippen molar-refractivity contribution in [2.24, 2.45) is 0 Å². The number of ether oxygens (including phenoxy) is 1. The van der Waals surface area contributed by atoms with Crippen LogP contribution in [0.3, 0.4) is 0 Å². The molecule has 0 fully saturated rings. The molecule has 0 bridgehead atoms. The number of hydrogen-bond acceptors (Lipinski definition) is 1. The summed E-state index contributed by atoms with van der Waals surface area (Å²) in [6, 6.07) is 11.9. The summed E-state index contributed by atoms with van der Waals surface area (Å²) in [7, 11) is 0. The maximum absolute atomic E-state index is 6.16. The first-order valence-corrected chi connectivity index (χ1v) is 7.56. The maximum Gasteiger partial charge on any atom is 0.133 e. The van der Waals surface area contributed by atoms with Crippen LogP contribution >= 0.6 is 23.2 Å². The number of alkyl halides is 1. The Morgan fingerprint density at radius 2 is 1.85 bits per heavy atom. The van der Waals surface area contributed by atoms with E-state index in [1.807, 2.05) is 24.3 Å². The van der Waals surface area contributed by atoms with Crippen LogP contribution in [-0.2, 0) is 5.88 Å². The molecule has 20 heavy (non-hydrogen) atoms. The van der Waals surface area contributed by atoms with Crippen molar-refractivity contribution >= 4 is 23.2 Å². The lowest BCUT2D eigenvalue weighted by Gasteiger charge is -2.16. The third kappa shape index (κ3) is 3.28. The zero-order chi connectivity index (χ0) is 14.7. The van der Waals surface area contributed by atoms with E-state index in [-0.39, 0.29) is 0 Å². The van der Waals surface area contributed by atoms with Crippen molar-refractivity contribution in [2.75, 3.05) is 0 Å². The maximum atomic E-state index is 6.16. The monoisotopic (exact) mass is 308 g/mol. The molecule has 0 saturated heterocycles. The second-order valence-electron chi connectivity index (χ2n) is 5.15. The Balaban J connectivity index is 2.44. The fourth-order valence-corrected chi connectivity index (χ4v) is 2.67. The van der Waals surface area contributed by atoms with Gasteiger partial charge in [0.1, 0.15) is 11.5 Å². The predicted octanol–water partition coefficient (Wildman–Crippen LogP) is 6.30. The first-order chi connectivity index (χ1) is 9.52. The zero-order valence-electron chi connectivity index (χ0n) is 11.9. The van der Waals surface area contributed by atoms with E-state index >= 15 is 0 Å². The highest BCUT2D eigenvalue weighted by Gasteiger charge is 2.12. The Labute approximate surface area is 130 Å². The molecule has 2 aromatic carbocycles. The molecule has 3 heteroatoms. The molecule has 0 saturated carbocycles. The summed E-state index contributed by atoms with van der Waals surface area (Å²) >= 11 is 12.1. The summed E-state index contributed by atoms with van der Waals surface area (Å²) in [5.74, 6) is 2.32. The number of aryl methyl sites for hydroxylation is 1. The Hall–Kier alpha value is -1.18. The summed E-state index contributed by atoms with van der Waals surface area (Å²) in [6.07, 6.45) is 0. The van der Waals surface area contributed by atoms with Crippen LogP contribution < -0.4 is 4.74 Å². The third-order valence-corrected chi connectivity index (χ3v) is 3.84. The molecule has 0 radical (unpaired) electrons. The fraction of sp³-hybridized carbons (Fsp3) is 0.294. The fourth-order valence-electron chi connectivity index (χ4n) is 2.09. The van der Waals surface area contributed by atoms with Crippen molar-refractivity contribution in [3.8, 4) is 11.5 Å². The standard InChI is InChI=1S/C17H18Cl2O/c1-11(2)13-8-7-12(3)9-17(13)20-16-6-4-5-15(19)14(16)10-18/h4-9,11H,10H2,1-3H3. The quantitative estimate of drug-likeness (QED) is 0.602. The van der Waals surface area contributed by atoms with Gasteiger partial charge in [-0.3, -0.25) is 0 Å². The summed E-state index contributed by atoms with van der Waals surface area (Å²) in [4.78, 5) is 0. The topological polar surface area (TPSA) is 9.23 Å². The lowest BCUT2D eigenvalue weighted by atomic mass is 10.0. The third-order valence-electron chi connectivity index (χ3n) is 3.22. The lowest BCUT2D eigenvalue weighted by Crippen LogP contribution is -1.97. The minimum atomic E-state index is 0.331. The minimum absolute atomic E-state index is 0.331. The Morgan fingerprint density at radius 3 is 2.50 bits per heavy atom. The van der Waals surface area contributed by atoms with Crippen LogP contribution in [0.25, 0.3) is 0 Å². The van der Waals surface area contributed by atoms with Crippen molar-refractivity contribution in [1.82, 2.24) is 0 Å². The van der Waals surface area contributed by atoms with Crippen LogP contribution in [0.1, 0.15) is 36.5 Å². The highest BCUT2D eigenvalue weighted by Crippen LogP contribution is 2.35. The van der Waals surface area contributed by atoms with Gasteiger partial charge in [0, 0.05) is 10.6 Å². The predicted molar refractivity (Wildman–Crippen MR) is 86.4 cm³/mol. The average molecular weight is 309 g/mol. The molecule has 0 aliphatic carbocycles. The molecular formula is C17H18Cl2O. The average Bonchev–Trinajstić information content (AvgIpc) is 2.38. The molecule has 0 atom stereocenters. The van der Waals surface area contributed by atoms with E-state index in [4.69, 9.17) is 27.9 Å². The first-order valence-electron chi connectivity index (χ1n) is 6.64. The van der Waals surface area contributed by atoms with E-state index in [0.717, 1.165) is 17.1 Å². The van der Waals surface area contributed by atoms with E-state index in [2.05, 4.69) is 32.9 Å². The van der Waals surface area contributed by atoms with Gasteiger partial charge in [-0.15, -0.1) is 11.6 Å². The van der Waals surface area contributed by atoms with E-state index in [9.17, 15) is 0 Å². The minimum Gasteiger partial charge on any atom is -0.457 e. The number of benzene rings is 2. The van der Waals surface area contributed by atoms with Crippen LogP contribution in [0.4, 0.5) is 0 Å². The summed E-state index contributed by atoms with van der Waals surface area (Å²) in [5, 5.41) is 0.635. The van der Waals surface area contributed by atoms with Gasteiger partial charge in [0.15, 0.2) is 0 Å². The van der Waals surface area contributed by atoms with E-state index in [1.54, 1.807) is 0 Å². The van der Waals surface area contributed by atoms with Gasteiger partial charge in [-0.25, -0.2) is 0 Å². The summed E-state index contributed by atoms with van der Waals surface area (Å²) in [6.45, 7) is 6.35. The largest absolute Gasteiger partial charge is 0.457 e. The normalized spacial score (nSPS) is 10.9. The molecule has 0 aliphatic heterocycles. The van der Waals surface area contributed by atoms with Crippen molar-refractivity contribution in [1.29, 1.82) is 0 Å². The van der Waals surface area contributed by atoms with Gasteiger partial charge in [0.2, 0.25) is 0 Å². The van der Waals surface area contributed by atoms with Crippen LogP contribution in [0.15, 0.2) is 36.4 Å². The molecule has 1 nitrogen and oxygen atoms in total. The molecule has 0 N–H and O–H groups in total. The molecule has 0 aliphatic rings. The molecular weight excluding hydrogens is 291 g/mol. The molecule has 2 rings (SSSR count). The van der Waals surface area contributed by atoms with E-state index in [0.29, 0.717) is 16.8 Å². The van der Waals surface area contributed by atoms with Crippen molar-refractivity contribution < 1.29 is 4.74 Å². The molecule has 2 aromatic rings. The van der Waals surface area contributed by atoms with Crippen molar-refractivity contribution in [3.63, 3.8) is 0 Å². The van der Waals surface area contributed by atoms with Gasteiger partial charge in [0.05, 0.1) is 5.88 Å². The van der Waals surface area contributed by atoms with Crippen LogP contribution in [0.2, 0.25) is 5.02 Å². The van der Waals surface area contributed by atoms with Gasteiger partial charge in [0.25, 0.3) is 0 Å². The number of halogens is 2. The number of rotatable bonds is 4. The van der Waals surface area contributed by atoms with Crippen LogP contribution in [0.5, 0.6) is 11.5 Å². The first kappa shape index (κ1) is 15.2. The molecule has 0 aromatic heterocycles. The van der Waals surface area contributed by atoms with Gasteiger partial charge in [-0.2, -0.15) is 0 Å². The second kappa shape index (κ2) is 6.51. The van der Waals surface area contributed by atoms with Gasteiger partial charge in [-0.05, 0) is 42.2 Å². The van der Waals surface area contributed by atoms with E-state index < -0.39 is 0 Å². The van der Waals surface area contributed by atoms with Crippen molar-refractivity contribution in [3.05, 3.63) is 58.1 Å².